The first kappa shape index (κ1) is 23.7. The monoisotopic (exact) mass is 474 g/mol. The van der Waals surface area contributed by atoms with Gasteiger partial charge in [-0.1, -0.05) is 36.4 Å². The quantitative estimate of drug-likeness (QED) is 0.397. The van der Waals surface area contributed by atoms with Crippen LogP contribution < -0.4 is 10.6 Å². The van der Waals surface area contributed by atoms with Gasteiger partial charge in [-0.3, -0.25) is 14.4 Å². The second-order valence-corrected chi connectivity index (χ2v) is 8.14. The van der Waals surface area contributed by atoms with Crippen LogP contribution in [0.3, 0.4) is 0 Å². The first-order valence-electron chi connectivity index (χ1n) is 10.9. The molecule has 10 heteroatoms. The van der Waals surface area contributed by atoms with Crippen molar-refractivity contribution in [2.45, 2.75) is 33.4 Å². The topological polar surface area (TPSA) is 118 Å². The highest BCUT2D eigenvalue weighted by atomic mass is 19.1. The minimum absolute atomic E-state index is 0.00653. The Bertz CT molecular complexity index is 1430. The summed E-state index contributed by atoms with van der Waals surface area (Å²) >= 11 is 0. The average Bonchev–Trinajstić information content (AvgIpc) is 3.32. The van der Waals surface area contributed by atoms with Crippen molar-refractivity contribution in [2.24, 2.45) is 0 Å². The third kappa shape index (κ3) is 5.21. The molecule has 0 spiro atoms. The Hall–Kier alpha value is -4.47. The van der Waals surface area contributed by atoms with Crippen LogP contribution in [0.4, 0.5) is 4.39 Å². The molecule has 2 heterocycles. The van der Waals surface area contributed by atoms with Crippen LogP contribution in [-0.4, -0.2) is 37.2 Å². The zero-order valence-electron chi connectivity index (χ0n) is 19.4. The van der Waals surface area contributed by atoms with Gasteiger partial charge in [-0.2, -0.15) is 14.6 Å². The molecule has 1 atom stereocenters. The van der Waals surface area contributed by atoms with Gasteiger partial charge < -0.3 is 10.6 Å². The lowest BCUT2D eigenvalue weighted by Gasteiger charge is -2.15. The average molecular weight is 474 g/mol. The molecule has 0 fully saturated rings. The smallest absolute Gasteiger partial charge is 0.270 e. The van der Waals surface area contributed by atoms with Crippen LogP contribution in [0.5, 0.6) is 0 Å². The molecule has 2 aromatic heterocycles. The normalized spacial score (nSPS) is 11.8. The lowest BCUT2D eigenvalue weighted by Crippen LogP contribution is -2.30. The minimum atomic E-state index is -0.514. The number of halogens is 1. The summed E-state index contributed by atoms with van der Waals surface area (Å²) in [5, 5.41) is 9.64. The van der Waals surface area contributed by atoms with Gasteiger partial charge in [0.25, 0.3) is 17.6 Å². The summed E-state index contributed by atoms with van der Waals surface area (Å²) in [4.78, 5) is 45.6. The second kappa shape index (κ2) is 9.80. The van der Waals surface area contributed by atoms with Crippen LogP contribution in [0.15, 0.2) is 54.9 Å². The van der Waals surface area contributed by atoms with Gasteiger partial charge in [0.2, 0.25) is 0 Å². The second-order valence-electron chi connectivity index (χ2n) is 8.14. The highest BCUT2D eigenvalue weighted by molar-refractivity contribution is 5.98. The molecule has 2 N–H and O–H groups in total. The highest BCUT2D eigenvalue weighted by Crippen LogP contribution is 2.16. The molecule has 0 bridgehead atoms. The van der Waals surface area contributed by atoms with Crippen molar-refractivity contribution in [3.8, 4) is 0 Å². The number of ketones is 1. The van der Waals surface area contributed by atoms with Gasteiger partial charge in [-0.15, -0.1) is 0 Å². The van der Waals surface area contributed by atoms with Crippen LogP contribution in [-0.2, 0) is 6.54 Å². The molecule has 0 aliphatic carbocycles. The van der Waals surface area contributed by atoms with E-state index >= 15 is 0 Å². The molecule has 0 aliphatic heterocycles. The van der Waals surface area contributed by atoms with Crippen LogP contribution in [0.2, 0.25) is 0 Å². The number of carbonyl (C=O) groups is 3. The number of carbonyl (C=O) groups excluding carboxylic acids is 3. The van der Waals surface area contributed by atoms with Crippen molar-refractivity contribution in [1.29, 1.82) is 0 Å². The molecule has 0 saturated carbocycles. The number of amides is 2. The van der Waals surface area contributed by atoms with Crippen LogP contribution in [0.25, 0.3) is 5.78 Å². The Kier molecular flexibility index (Phi) is 6.63. The predicted molar refractivity (Wildman–Crippen MR) is 125 cm³/mol. The van der Waals surface area contributed by atoms with E-state index < -0.39 is 11.8 Å². The number of nitrogens with one attached hydrogen (secondary N) is 2. The van der Waals surface area contributed by atoms with Crippen molar-refractivity contribution < 1.29 is 18.8 Å². The molecule has 178 valence electrons. The van der Waals surface area contributed by atoms with E-state index in [0.717, 1.165) is 11.1 Å². The van der Waals surface area contributed by atoms with Crippen molar-refractivity contribution in [3.63, 3.8) is 0 Å². The zero-order valence-corrected chi connectivity index (χ0v) is 19.4. The summed E-state index contributed by atoms with van der Waals surface area (Å²) in [5.74, 6) is -1.26. The molecule has 0 unspecified atom stereocenters. The van der Waals surface area contributed by atoms with Crippen LogP contribution in [0.1, 0.15) is 67.9 Å². The lowest BCUT2D eigenvalue weighted by atomic mass is 10.0. The Labute approximate surface area is 200 Å². The Balaban J connectivity index is 1.53. The third-order valence-corrected chi connectivity index (χ3v) is 5.56. The van der Waals surface area contributed by atoms with Crippen molar-refractivity contribution in [3.05, 3.63) is 94.3 Å². The number of hydrogen-bond donors (Lipinski definition) is 2. The van der Waals surface area contributed by atoms with E-state index in [0.29, 0.717) is 11.1 Å². The maximum absolute atomic E-state index is 13.5. The Morgan fingerprint density at radius 3 is 2.49 bits per heavy atom. The molecule has 0 aliphatic rings. The SMILES string of the molecule is CC(=O)c1ccc([C@H](C)NC(=O)c2cc(C(=O)NCc3ccc(F)c(C)c3)nc3ncnn23)cc1. The number of benzene rings is 2. The molecular weight excluding hydrogens is 451 g/mol. The fourth-order valence-corrected chi connectivity index (χ4v) is 3.54. The van der Waals surface area contributed by atoms with Crippen LogP contribution in [0, 0.1) is 12.7 Å². The van der Waals surface area contributed by atoms with E-state index in [1.165, 1.54) is 29.9 Å². The number of Topliss-reactive ketones (excluding diaryl/α,β-unsaturated/α-hetero) is 1. The van der Waals surface area contributed by atoms with E-state index in [4.69, 9.17) is 0 Å². The standard InChI is InChI=1S/C25H23FN6O3/c1-14-10-17(4-9-20(14)26)12-27-23(34)21-11-22(32-25(31-21)28-13-29-32)24(35)30-15(2)18-5-7-19(8-6-18)16(3)33/h4-11,13,15H,12H2,1-3H3,(H,27,34)(H,30,35)/t15-/m0/s1. The Morgan fingerprint density at radius 1 is 1.06 bits per heavy atom. The zero-order chi connectivity index (χ0) is 25.1. The molecule has 0 saturated heterocycles. The number of nitrogens with zero attached hydrogens (tertiary/aromatic N) is 4. The van der Waals surface area contributed by atoms with E-state index in [1.54, 1.807) is 50.2 Å². The number of aryl methyl sites for hydroxylation is 1. The van der Waals surface area contributed by atoms with E-state index in [-0.39, 0.29) is 41.4 Å². The highest BCUT2D eigenvalue weighted by Gasteiger charge is 2.20. The lowest BCUT2D eigenvalue weighted by molar-refractivity contribution is 0.0930. The van der Waals surface area contributed by atoms with E-state index in [9.17, 15) is 18.8 Å². The first-order chi connectivity index (χ1) is 16.7. The molecule has 2 aromatic carbocycles. The number of fused-ring (bicyclic) bond motifs is 1. The van der Waals surface area contributed by atoms with Crippen LogP contribution >= 0.6 is 0 Å². The summed E-state index contributed by atoms with van der Waals surface area (Å²) in [7, 11) is 0. The maximum atomic E-state index is 13.5. The molecule has 4 aromatic rings. The summed E-state index contributed by atoms with van der Waals surface area (Å²) in [6, 6.07) is 12.5. The molecule has 2 amide bonds. The fraction of sp³-hybridized carbons (Fsp3) is 0.200. The fourth-order valence-electron chi connectivity index (χ4n) is 3.54. The van der Waals surface area contributed by atoms with Gasteiger partial charge >= 0.3 is 0 Å². The number of hydrogen-bond acceptors (Lipinski definition) is 6. The van der Waals surface area contributed by atoms with Gasteiger partial charge in [0.15, 0.2) is 5.78 Å². The van der Waals surface area contributed by atoms with Gasteiger partial charge in [0, 0.05) is 18.2 Å². The van der Waals surface area contributed by atoms with E-state index in [2.05, 4.69) is 25.7 Å². The van der Waals surface area contributed by atoms with Gasteiger partial charge in [0.1, 0.15) is 23.5 Å². The number of rotatable bonds is 7. The Morgan fingerprint density at radius 2 is 1.80 bits per heavy atom. The van der Waals surface area contributed by atoms with Crippen molar-refractivity contribution in [2.75, 3.05) is 0 Å². The first-order valence-corrected chi connectivity index (χ1v) is 10.9. The largest absolute Gasteiger partial charge is 0.347 e. The van der Waals surface area contributed by atoms with Gasteiger partial charge in [-0.05, 0) is 43.5 Å². The summed E-state index contributed by atoms with van der Waals surface area (Å²) in [5.41, 5.74) is 2.67. The molecule has 0 radical (unpaired) electrons. The minimum Gasteiger partial charge on any atom is -0.347 e. The van der Waals surface area contributed by atoms with Gasteiger partial charge in [-0.25, -0.2) is 9.37 Å². The molecule has 4 rings (SSSR count). The summed E-state index contributed by atoms with van der Waals surface area (Å²) in [6.07, 6.45) is 1.24. The summed E-state index contributed by atoms with van der Waals surface area (Å²) in [6.45, 7) is 5.10. The maximum Gasteiger partial charge on any atom is 0.270 e. The van der Waals surface area contributed by atoms with Crippen molar-refractivity contribution >= 4 is 23.4 Å². The molecule has 35 heavy (non-hydrogen) atoms. The van der Waals surface area contributed by atoms with Gasteiger partial charge in [0.05, 0.1) is 6.04 Å². The molecule has 9 nitrogen and oxygen atoms in total. The number of aromatic nitrogens is 4. The third-order valence-electron chi connectivity index (χ3n) is 5.56. The van der Waals surface area contributed by atoms with E-state index in [1.807, 2.05) is 0 Å². The van der Waals surface area contributed by atoms with Crippen molar-refractivity contribution in [1.82, 2.24) is 30.2 Å². The predicted octanol–water partition coefficient (Wildman–Crippen LogP) is 3.20. The summed E-state index contributed by atoms with van der Waals surface area (Å²) < 4.78 is 14.7. The molecular formula is C25H23FN6O3.